The molecule has 0 atom stereocenters. The molecule has 2 heterocycles. The smallest absolute Gasteiger partial charge is 0.336 e. The van der Waals surface area contributed by atoms with Crippen LogP contribution >= 0.6 is 11.6 Å². The van der Waals surface area contributed by atoms with Crippen molar-refractivity contribution in [2.45, 2.75) is 26.3 Å². The van der Waals surface area contributed by atoms with Gasteiger partial charge in [0.2, 0.25) is 0 Å². The summed E-state index contributed by atoms with van der Waals surface area (Å²) in [7, 11) is 0. The standard InChI is InChI=1S/C16H18ClNO3/c1-10-2-4-18(5-3-10)9-11-6-16(20)21-15-8-14(19)13(17)7-12(11)15/h6-8,10,19H,2-5,9H2,1H3/p+1. The molecule has 0 spiro atoms. The quantitative estimate of drug-likeness (QED) is 0.834. The second-order valence-corrected chi connectivity index (χ2v) is 6.41. The predicted octanol–water partition coefficient (Wildman–Crippen LogP) is 1.97. The van der Waals surface area contributed by atoms with Crippen LogP contribution in [0.15, 0.2) is 27.4 Å². The number of fused-ring (bicyclic) bond motifs is 1. The number of hydrogen-bond donors (Lipinski definition) is 2. The number of halogens is 1. The Labute approximate surface area is 127 Å². The number of rotatable bonds is 2. The van der Waals surface area contributed by atoms with Crippen LogP contribution in [0, 0.1) is 5.92 Å². The van der Waals surface area contributed by atoms with Gasteiger partial charge in [-0.1, -0.05) is 18.5 Å². The molecule has 21 heavy (non-hydrogen) atoms. The molecule has 1 aromatic heterocycles. The molecule has 1 aromatic carbocycles. The van der Waals surface area contributed by atoms with Gasteiger partial charge >= 0.3 is 5.63 Å². The topological polar surface area (TPSA) is 54.9 Å². The minimum absolute atomic E-state index is 0.0661. The van der Waals surface area contributed by atoms with E-state index in [1.54, 1.807) is 12.1 Å². The van der Waals surface area contributed by atoms with Crippen molar-refractivity contribution in [2.75, 3.05) is 13.1 Å². The number of aromatic hydroxyl groups is 1. The number of likely N-dealkylation sites (tertiary alicyclic amines) is 1. The number of phenolic OH excluding ortho intramolecular Hbond substituents is 1. The van der Waals surface area contributed by atoms with Crippen molar-refractivity contribution in [3.05, 3.63) is 39.2 Å². The van der Waals surface area contributed by atoms with Crippen LogP contribution in [-0.2, 0) is 6.54 Å². The average Bonchev–Trinajstić information content (AvgIpc) is 2.43. The zero-order chi connectivity index (χ0) is 15.0. The average molecular weight is 309 g/mol. The van der Waals surface area contributed by atoms with Crippen LogP contribution in [0.5, 0.6) is 5.75 Å². The van der Waals surface area contributed by atoms with E-state index < -0.39 is 0 Å². The third-order valence-electron chi connectivity index (χ3n) is 4.32. The second kappa shape index (κ2) is 5.70. The van der Waals surface area contributed by atoms with E-state index in [-0.39, 0.29) is 16.4 Å². The number of piperidine rings is 1. The van der Waals surface area contributed by atoms with E-state index >= 15 is 0 Å². The van der Waals surface area contributed by atoms with E-state index in [9.17, 15) is 9.90 Å². The maximum atomic E-state index is 11.7. The fraction of sp³-hybridized carbons (Fsp3) is 0.438. The van der Waals surface area contributed by atoms with E-state index in [0.29, 0.717) is 5.58 Å². The Morgan fingerprint density at radius 3 is 2.76 bits per heavy atom. The van der Waals surface area contributed by atoms with Crippen molar-refractivity contribution in [3.8, 4) is 5.75 Å². The lowest BCUT2D eigenvalue weighted by Crippen LogP contribution is -3.11. The van der Waals surface area contributed by atoms with E-state index in [2.05, 4.69) is 6.92 Å². The van der Waals surface area contributed by atoms with Gasteiger partial charge in [0.15, 0.2) is 0 Å². The normalized spacial score (nSPS) is 22.6. The largest absolute Gasteiger partial charge is 0.506 e. The van der Waals surface area contributed by atoms with E-state index in [1.807, 2.05) is 0 Å². The van der Waals surface area contributed by atoms with Crippen molar-refractivity contribution in [1.82, 2.24) is 0 Å². The summed E-state index contributed by atoms with van der Waals surface area (Å²) in [4.78, 5) is 13.2. The molecular weight excluding hydrogens is 290 g/mol. The Balaban J connectivity index is 1.97. The van der Waals surface area contributed by atoms with Gasteiger partial charge in [-0.25, -0.2) is 4.79 Å². The number of phenols is 1. The summed E-state index contributed by atoms with van der Waals surface area (Å²) in [6.45, 7) is 5.31. The van der Waals surface area contributed by atoms with Crippen LogP contribution in [0.2, 0.25) is 5.02 Å². The first-order valence-electron chi connectivity index (χ1n) is 7.32. The van der Waals surface area contributed by atoms with Crippen LogP contribution in [0.3, 0.4) is 0 Å². The molecule has 3 rings (SSSR count). The number of hydrogen-bond acceptors (Lipinski definition) is 3. The third kappa shape index (κ3) is 3.06. The SMILES string of the molecule is CC1CC[NH+](Cc2cc(=O)oc3cc(O)c(Cl)cc23)CC1. The third-order valence-corrected chi connectivity index (χ3v) is 4.62. The fourth-order valence-electron chi connectivity index (χ4n) is 3.00. The van der Waals surface area contributed by atoms with Crippen molar-refractivity contribution < 1.29 is 14.4 Å². The van der Waals surface area contributed by atoms with Crippen LogP contribution in [0.4, 0.5) is 0 Å². The second-order valence-electron chi connectivity index (χ2n) is 6.00. The molecule has 5 heteroatoms. The predicted molar refractivity (Wildman–Crippen MR) is 82.0 cm³/mol. The van der Waals surface area contributed by atoms with Gasteiger partial charge in [-0.15, -0.1) is 0 Å². The number of benzene rings is 1. The van der Waals surface area contributed by atoms with Crippen LogP contribution in [0.1, 0.15) is 25.3 Å². The molecule has 112 valence electrons. The van der Waals surface area contributed by atoms with Gasteiger partial charge in [0.1, 0.15) is 17.9 Å². The molecule has 4 nitrogen and oxygen atoms in total. The van der Waals surface area contributed by atoms with Crippen LogP contribution < -0.4 is 10.5 Å². The summed E-state index contributed by atoms with van der Waals surface area (Å²) in [6.07, 6.45) is 2.44. The highest BCUT2D eigenvalue weighted by Crippen LogP contribution is 2.29. The van der Waals surface area contributed by atoms with Crippen molar-refractivity contribution >= 4 is 22.6 Å². The molecule has 1 saturated heterocycles. The van der Waals surface area contributed by atoms with Gasteiger partial charge < -0.3 is 14.4 Å². The molecule has 1 fully saturated rings. The summed E-state index contributed by atoms with van der Waals surface area (Å²) >= 11 is 5.98. The molecule has 0 unspecified atom stereocenters. The lowest BCUT2D eigenvalue weighted by molar-refractivity contribution is -0.919. The fourth-order valence-corrected chi connectivity index (χ4v) is 3.16. The van der Waals surface area contributed by atoms with Crippen molar-refractivity contribution in [3.63, 3.8) is 0 Å². The number of quaternary nitrogens is 1. The Morgan fingerprint density at radius 2 is 2.05 bits per heavy atom. The molecule has 1 aliphatic heterocycles. The Bertz CT molecular complexity index is 717. The van der Waals surface area contributed by atoms with E-state index in [1.165, 1.54) is 23.8 Å². The molecule has 0 amide bonds. The Kier molecular flexibility index (Phi) is 3.91. The van der Waals surface area contributed by atoms with E-state index in [4.69, 9.17) is 16.0 Å². The van der Waals surface area contributed by atoms with Gasteiger partial charge in [-0.05, 0) is 24.8 Å². The van der Waals surface area contributed by atoms with Crippen LogP contribution in [-0.4, -0.2) is 18.2 Å². The maximum absolute atomic E-state index is 11.7. The van der Waals surface area contributed by atoms with Gasteiger partial charge in [0.05, 0.1) is 18.1 Å². The highest BCUT2D eigenvalue weighted by molar-refractivity contribution is 6.32. The molecular formula is C16H19ClNO3+. The molecule has 0 aliphatic carbocycles. The summed E-state index contributed by atoms with van der Waals surface area (Å²) in [5.41, 5.74) is 0.945. The lowest BCUT2D eigenvalue weighted by Gasteiger charge is -2.27. The molecule has 2 aromatic rings. The molecule has 1 aliphatic rings. The summed E-state index contributed by atoms with van der Waals surface area (Å²) in [5, 5.41) is 10.7. The maximum Gasteiger partial charge on any atom is 0.336 e. The highest BCUT2D eigenvalue weighted by Gasteiger charge is 2.20. The summed E-state index contributed by atoms with van der Waals surface area (Å²) in [5.74, 6) is 0.723. The van der Waals surface area contributed by atoms with Crippen molar-refractivity contribution in [1.29, 1.82) is 0 Å². The van der Waals surface area contributed by atoms with Crippen LogP contribution in [0.25, 0.3) is 11.0 Å². The molecule has 0 radical (unpaired) electrons. The minimum Gasteiger partial charge on any atom is -0.506 e. The van der Waals surface area contributed by atoms with Gasteiger partial charge in [0.25, 0.3) is 0 Å². The highest BCUT2D eigenvalue weighted by atomic mass is 35.5. The zero-order valence-electron chi connectivity index (χ0n) is 12.0. The van der Waals surface area contributed by atoms with Crippen molar-refractivity contribution in [2.24, 2.45) is 5.92 Å². The monoisotopic (exact) mass is 308 g/mol. The van der Waals surface area contributed by atoms with Gasteiger partial charge in [-0.3, -0.25) is 0 Å². The minimum atomic E-state index is -0.385. The first-order valence-corrected chi connectivity index (χ1v) is 7.69. The lowest BCUT2D eigenvalue weighted by atomic mass is 9.98. The van der Waals surface area contributed by atoms with Gasteiger partial charge in [-0.2, -0.15) is 0 Å². The zero-order valence-corrected chi connectivity index (χ0v) is 12.7. The van der Waals surface area contributed by atoms with Gasteiger partial charge in [0, 0.05) is 23.1 Å². The summed E-state index contributed by atoms with van der Waals surface area (Å²) in [6, 6.07) is 4.63. The number of nitrogens with one attached hydrogen (secondary N) is 1. The molecule has 0 saturated carbocycles. The summed E-state index contributed by atoms with van der Waals surface area (Å²) < 4.78 is 5.16. The first kappa shape index (κ1) is 14.4. The van der Waals surface area contributed by atoms with E-state index in [0.717, 1.165) is 36.5 Å². The Morgan fingerprint density at radius 1 is 1.33 bits per heavy atom. The molecule has 2 N–H and O–H groups in total. The first-order chi connectivity index (χ1) is 10.0. The molecule has 0 bridgehead atoms. The Hall–Kier alpha value is -1.52.